The maximum Gasteiger partial charge on any atom is 0.261 e. The quantitative estimate of drug-likeness (QED) is 0.0687. The number of benzene rings is 6. The highest BCUT2D eigenvalue weighted by atomic mass is 16.2. The Balaban J connectivity index is 1.38. The second-order valence-electron chi connectivity index (χ2n) is 15.0. The van der Waals surface area contributed by atoms with Crippen LogP contribution in [0.4, 0.5) is 0 Å². The van der Waals surface area contributed by atoms with E-state index in [1.54, 1.807) is 0 Å². The van der Waals surface area contributed by atoms with Crippen LogP contribution >= 0.6 is 0 Å². The van der Waals surface area contributed by atoms with Crippen molar-refractivity contribution in [2.45, 2.75) is 79.1 Å². The van der Waals surface area contributed by atoms with Gasteiger partial charge < -0.3 is 0 Å². The molecule has 0 aliphatic carbocycles. The number of nitrogens with zero attached hydrogens (tertiary/aromatic N) is 2. The van der Waals surface area contributed by atoms with E-state index in [1.807, 2.05) is 60.7 Å². The topological polar surface area (TPSA) is 74.8 Å². The number of imide groups is 2. The van der Waals surface area contributed by atoms with Gasteiger partial charge in [0.25, 0.3) is 23.6 Å². The molecule has 264 valence electrons. The summed E-state index contributed by atoms with van der Waals surface area (Å²) in [7, 11) is 0. The average Bonchev–Trinajstić information content (AvgIpc) is 3.18. The number of hydrogen-bond donors (Lipinski definition) is 0. The lowest BCUT2D eigenvalue weighted by Gasteiger charge is -2.33. The van der Waals surface area contributed by atoms with E-state index < -0.39 is 0 Å². The number of unbranched alkanes of at least 4 members (excludes halogenated alkanes) is 2. The van der Waals surface area contributed by atoms with Crippen LogP contribution < -0.4 is 0 Å². The first-order chi connectivity index (χ1) is 25.3. The van der Waals surface area contributed by atoms with Crippen molar-refractivity contribution in [2.24, 2.45) is 11.8 Å². The fraction of sp³-hybridized carbons (Fsp3) is 0.348. The van der Waals surface area contributed by atoms with Gasteiger partial charge >= 0.3 is 0 Å². The lowest BCUT2D eigenvalue weighted by atomic mass is 9.79. The number of carbonyl (C=O) groups excluding carboxylic acids is 4. The molecule has 2 unspecified atom stereocenters. The van der Waals surface area contributed by atoms with Crippen molar-refractivity contribution in [1.82, 2.24) is 9.80 Å². The SMILES string of the molecule is CCCCC(CC)CN1C(=O)c2ccc3c4ccc5c6c(cc(-c7ccccc7)c(c7ccc(c2c37)C1=O)c64)C(=O)N(CC(CC)CCCC)C5=O. The lowest BCUT2D eigenvalue weighted by molar-refractivity contribution is 0.0565. The number of carbonyl (C=O) groups is 4. The molecule has 6 nitrogen and oxygen atoms in total. The summed E-state index contributed by atoms with van der Waals surface area (Å²) in [5, 5.41) is 6.77. The van der Waals surface area contributed by atoms with Crippen LogP contribution in [0.1, 0.15) is 120 Å². The zero-order valence-corrected chi connectivity index (χ0v) is 30.7. The Morgan fingerprint density at radius 3 is 1.42 bits per heavy atom. The van der Waals surface area contributed by atoms with Crippen LogP contribution in [0.3, 0.4) is 0 Å². The maximum atomic E-state index is 14.5. The minimum absolute atomic E-state index is 0.240. The molecule has 6 aromatic rings. The first-order valence-electron chi connectivity index (χ1n) is 19.3. The Morgan fingerprint density at radius 1 is 0.462 bits per heavy atom. The highest BCUT2D eigenvalue weighted by Crippen LogP contribution is 2.49. The van der Waals surface area contributed by atoms with Gasteiger partial charge in [-0.05, 0) is 92.4 Å². The standard InChI is InChI=1S/C46H46N2O4/c1-5-9-14-27(7-3)25-47-43(49)33-21-18-30-31-19-22-35-41-37(46(52)48(45(35)51)26-28(8-4)15-10-6-2)24-36(29-16-12-11-13-17-29)39(42(31)41)32-20-23-34(44(47)50)40(33)38(30)32/h11-13,16-24,27-28H,5-10,14-15,25-26H2,1-4H3. The van der Waals surface area contributed by atoms with Gasteiger partial charge in [-0.15, -0.1) is 0 Å². The maximum absolute atomic E-state index is 14.5. The van der Waals surface area contributed by atoms with E-state index in [1.165, 1.54) is 9.80 Å². The van der Waals surface area contributed by atoms with E-state index in [2.05, 4.69) is 39.8 Å². The summed E-state index contributed by atoms with van der Waals surface area (Å²) >= 11 is 0. The first kappa shape index (κ1) is 34.0. The van der Waals surface area contributed by atoms with Crippen molar-refractivity contribution >= 4 is 66.7 Å². The molecule has 0 fully saturated rings. The number of hydrogen-bond acceptors (Lipinski definition) is 4. The van der Waals surface area contributed by atoms with E-state index >= 15 is 0 Å². The van der Waals surface area contributed by atoms with Crippen LogP contribution in [-0.4, -0.2) is 46.5 Å². The number of rotatable bonds is 13. The predicted molar refractivity (Wildman–Crippen MR) is 210 cm³/mol. The van der Waals surface area contributed by atoms with Crippen molar-refractivity contribution < 1.29 is 19.2 Å². The fourth-order valence-corrected chi connectivity index (χ4v) is 9.00. The van der Waals surface area contributed by atoms with Gasteiger partial charge in [0, 0.05) is 46.1 Å². The van der Waals surface area contributed by atoms with Crippen molar-refractivity contribution in [3.8, 4) is 11.1 Å². The van der Waals surface area contributed by atoms with Crippen molar-refractivity contribution in [3.63, 3.8) is 0 Å². The Morgan fingerprint density at radius 2 is 0.923 bits per heavy atom. The van der Waals surface area contributed by atoms with Gasteiger partial charge in [0.1, 0.15) is 0 Å². The summed E-state index contributed by atoms with van der Waals surface area (Å²) < 4.78 is 0. The van der Waals surface area contributed by atoms with Crippen LogP contribution in [0.5, 0.6) is 0 Å². The molecule has 0 aromatic heterocycles. The molecular weight excluding hydrogens is 645 g/mol. The van der Waals surface area contributed by atoms with Gasteiger partial charge in [0.15, 0.2) is 0 Å². The molecule has 2 heterocycles. The van der Waals surface area contributed by atoms with Gasteiger partial charge in [0.05, 0.1) is 0 Å². The van der Waals surface area contributed by atoms with E-state index in [0.29, 0.717) is 46.1 Å². The van der Waals surface area contributed by atoms with Crippen molar-refractivity contribution in [3.05, 3.63) is 95.1 Å². The zero-order valence-electron chi connectivity index (χ0n) is 30.7. The normalized spacial score (nSPS) is 15.6. The molecule has 0 bridgehead atoms. The van der Waals surface area contributed by atoms with E-state index in [9.17, 15) is 19.2 Å². The molecule has 0 saturated heterocycles. The lowest BCUT2D eigenvalue weighted by Crippen LogP contribution is -2.43. The second-order valence-corrected chi connectivity index (χ2v) is 15.0. The summed E-state index contributed by atoms with van der Waals surface area (Å²) in [5.41, 5.74) is 4.03. The highest BCUT2D eigenvalue weighted by molar-refractivity contribution is 6.42. The second kappa shape index (κ2) is 13.5. The Kier molecular flexibility index (Phi) is 8.81. The molecule has 0 N–H and O–H groups in total. The monoisotopic (exact) mass is 690 g/mol. The highest BCUT2D eigenvalue weighted by Gasteiger charge is 2.38. The molecule has 8 rings (SSSR count). The Hall–Kier alpha value is -5.10. The molecule has 0 saturated carbocycles. The van der Waals surface area contributed by atoms with E-state index in [4.69, 9.17) is 0 Å². The fourth-order valence-electron chi connectivity index (χ4n) is 9.00. The minimum atomic E-state index is -0.245. The van der Waals surface area contributed by atoms with Crippen molar-refractivity contribution in [1.29, 1.82) is 0 Å². The van der Waals surface area contributed by atoms with Gasteiger partial charge in [-0.1, -0.05) is 115 Å². The van der Waals surface area contributed by atoms with Gasteiger partial charge in [-0.3, -0.25) is 29.0 Å². The molecule has 6 heteroatoms. The van der Waals surface area contributed by atoms with Crippen LogP contribution in [0, 0.1) is 11.8 Å². The third-order valence-electron chi connectivity index (χ3n) is 12.0. The van der Waals surface area contributed by atoms with E-state index in [0.717, 1.165) is 94.8 Å². The summed E-state index contributed by atoms with van der Waals surface area (Å²) in [6.07, 6.45) is 8.05. The number of fused-ring (bicyclic) bond motifs is 2. The molecule has 4 amide bonds. The van der Waals surface area contributed by atoms with Crippen LogP contribution in [-0.2, 0) is 0 Å². The molecule has 0 radical (unpaired) electrons. The third kappa shape index (κ3) is 5.13. The van der Waals surface area contributed by atoms with E-state index in [-0.39, 0.29) is 35.5 Å². The summed E-state index contributed by atoms with van der Waals surface area (Å²) in [5.74, 6) is -0.466. The summed E-state index contributed by atoms with van der Waals surface area (Å²) in [6, 6.07) is 23.7. The molecule has 0 spiro atoms. The van der Waals surface area contributed by atoms with Crippen molar-refractivity contribution in [2.75, 3.05) is 13.1 Å². The molecule has 2 aliphatic rings. The minimum Gasteiger partial charge on any atom is -0.274 e. The smallest absolute Gasteiger partial charge is 0.261 e. The van der Waals surface area contributed by atoms with Gasteiger partial charge in [0.2, 0.25) is 0 Å². The van der Waals surface area contributed by atoms with Gasteiger partial charge in [-0.2, -0.15) is 0 Å². The Bertz CT molecular complexity index is 2390. The Labute approximate surface area is 305 Å². The predicted octanol–water partition coefficient (Wildman–Crippen LogP) is 11.0. The van der Waals surface area contributed by atoms with Crippen LogP contribution in [0.15, 0.2) is 72.8 Å². The molecule has 2 atom stereocenters. The molecular formula is C46H46N2O4. The zero-order chi connectivity index (χ0) is 36.3. The molecule has 6 aromatic carbocycles. The summed E-state index contributed by atoms with van der Waals surface area (Å²) in [6.45, 7) is 9.42. The number of amides is 4. The molecule has 52 heavy (non-hydrogen) atoms. The first-order valence-corrected chi connectivity index (χ1v) is 19.3. The van der Waals surface area contributed by atoms with Crippen LogP contribution in [0.2, 0.25) is 0 Å². The largest absolute Gasteiger partial charge is 0.274 e. The summed E-state index contributed by atoms with van der Waals surface area (Å²) in [4.78, 5) is 60.2. The average molecular weight is 691 g/mol. The molecule has 2 aliphatic heterocycles. The third-order valence-corrected chi connectivity index (χ3v) is 12.0. The van der Waals surface area contributed by atoms with Crippen LogP contribution in [0.25, 0.3) is 54.2 Å². The van der Waals surface area contributed by atoms with Gasteiger partial charge in [-0.25, -0.2) is 0 Å².